The molecule has 0 aromatic heterocycles. The summed E-state index contributed by atoms with van der Waals surface area (Å²) in [5.74, 6) is -1.35. The summed E-state index contributed by atoms with van der Waals surface area (Å²) in [6.45, 7) is 2.09. The molecule has 1 aromatic carbocycles. The van der Waals surface area contributed by atoms with Crippen LogP contribution in [0.2, 0.25) is 0 Å². The maximum atomic E-state index is 11.3. The van der Waals surface area contributed by atoms with Crippen LogP contribution in [0.15, 0.2) is 23.1 Å². The van der Waals surface area contributed by atoms with E-state index in [2.05, 4.69) is 0 Å². The minimum Gasteiger partial charge on any atom is -0.744 e. The van der Waals surface area contributed by atoms with E-state index in [4.69, 9.17) is 14.6 Å². The lowest BCUT2D eigenvalue weighted by atomic mass is 10.0. The molecule has 1 aromatic rings. The van der Waals surface area contributed by atoms with Gasteiger partial charge in [0.15, 0.2) is 5.79 Å². The zero-order chi connectivity index (χ0) is 14.1. The molecule has 0 radical (unpaired) electrons. The highest BCUT2D eigenvalue weighted by molar-refractivity contribution is 7.85. The van der Waals surface area contributed by atoms with Gasteiger partial charge in [-0.2, -0.15) is 0 Å². The molecule has 6 nitrogen and oxygen atoms in total. The Morgan fingerprint density at radius 2 is 2.00 bits per heavy atom. The van der Waals surface area contributed by atoms with Gasteiger partial charge in [0.2, 0.25) is 0 Å². The van der Waals surface area contributed by atoms with Crippen LogP contribution in [-0.2, 0) is 25.4 Å². The Labute approximate surface area is 111 Å². The summed E-state index contributed by atoms with van der Waals surface area (Å²) in [6.07, 6.45) is 0.0684. The number of hydrogen-bond donors (Lipinski definition) is 1. The molecular formula is C12H15O6S-. The Hall–Kier alpha value is -0.990. The number of hydrogen-bond acceptors (Lipinski definition) is 6. The van der Waals surface area contributed by atoms with E-state index in [1.54, 1.807) is 13.0 Å². The molecule has 1 aliphatic heterocycles. The second-order valence-corrected chi connectivity index (χ2v) is 5.73. The highest BCUT2D eigenvalue weighted by Crippen LogP contribution is 2.38. The molecule has 0 bridgehead atoms. The molecule has 0 unspecified atom stereocenters. The summed E-state index contributed by atoms with van der Waals surface area (Å²) in [4.78, 5) is -0.367. The van der Waals surface area contributed by atoms with Crippen molar-refractivity contribution in [3.8, 4) is 0 Å². The number of aliphatic hydroxyl groups excluding tert-OH is 1. The normalized spacial score (nSPS) is 18.7. The molecule has 0 aliphatic carbocycles. The van der Waals surface area contributed by atoms with Gasteiger partial charge in [-0.15, -0.1) is 0 Å². The quantitative estimate of drug-likeness (QED) is 0.809. The van der Waals surface area contributed by atoms with Crippen LogP contribution in [0.25, 0.3) is 0 Å². The van der Waals surface area contributed by atoms with Gasteiger partial charge >= 0.3 is 0 Å². The van der Waals surface area contributed by atoms with Gasteiger partial charge < -0.3 is 19.1 Å². The smallest absolute Gasteiger partial charge is 0.198 e. The standard InChI is InChI=1S/C12H16O6S/c1-9-2-3-11(19(14,15)16)10(8-9)12(4-5-13)17-6-7-18-12/h2-3,8,13H,4-7H2,1H3,(H,14,15,16)/p-1. The van der Waals surface area contributed by atoms with Crippen molar-refractivity contribution < 1.29 is 27.6 Å². The second kappa shape index (κ2) is 5.18. The molecule has 0 atom stereocenters. The Kier molecular flexibility index (Phi) is 3.93. The van der Waals surface area contributed by atoms with Crippen molar-refractivity contribution in [2.45, 2.75) is 24.0 Å². The Bertz CT molecular complexity index is 560. The third-order valence-electron chi connectivity index (χ3n) is 3.01. The van der Waals surface area contributed by atoms with Gasteiger partial charge in [-0.25, -0.2) is 8.42 Å². The molecule has 1 aliphatic rings. The summed E-state index contributed by atoms with van der Waals surface area (Å²) in [5.41, 5.74) is 0.938. The molecule has 0 saturated carbocycles. The fourth-order valence-corrected chi connectivity index (χ4v) is 2.91. The first-order chi connectivity index (χ1) is 8.89. The van der Waals surface area contributed by atoms with Gasteiger partial charge in [0.05, 0.1) is 18.1 Å². The molecule has 1 N–H and O–H groups in total. The van der Waals surface area contributed by atoms with Crippen molar-refractivity contribution in [3.05, 3.63) is 29.3 Å². The maximum Gasteiger partial charge on any atom is 0.198 e. The fourth-order valence-electron chi connectivity index (χ4n) is 2.20. The van der Waals surface area contributed by atoms with E-state index < -0.39 is 15.9 Å². The van der Waals surface area contributed by atoms with Gasteiger partial charge in [0, 0.05) is 18.6 Å². The molecule has 2 rings (SSSR count). The fraction of sp³-hybridized carbons (Fsp3) is 0.500. The summed E-state index contributed by atoms with van der Waals surface area (Å²) >= 11 is 0. The van der Waals surface area contributed by atoms with Crippen molar-refractivity contribution >= 4 is 10.1 Å². The zero-order valence-corrected chi connectivity index (χ0v) is 11.3. The Morgan fingerprint density at radius 1 is 1.37 bits per heavy atom. The van der Waals surface area contributed by atoms with E-state index >= 15 is 0 Å². The third kappa shape index (κ3) is 2.80. The van der Waals surface area contributed by atoms with Crippen LogP contribution < -0.4 is 0 Å². The van der Waals surface area contributed by atoms with E-state index in [1.807, 2.05) is 0 Å². The average molecular weight is 287 g/mol. The average Bonchev–Trinajstić information content (AvgIpc) is 2.77. The van der Waals surface area contributed by atoms with E-state index in [-0.39, 0.29) is 36.7 Å². The second-order valence-electron chi connectivity index (χ2n) is 4.38. The first-order valence-electron chi connectivity index (χ1n) is 5.85. The van der Waals surface area contributed by atoms with Crippen molar-refractivity contribution in [1.29, 1.82) is 0 Å². The van der Waals surface area contributed by atoms with E-state index in [1.165, 1.54) is 12.1 Å². The van der Waals surface area contributed by atoms with Crippen LogP contribution in [0, 0.1) is 6.92 Å². The minimum atomic E-state index is -4.64. The van der Waals surface area contributed by atoms with E-state index in [0.717, 1.165) is 5.56 Å². The topological polar surface area (TPSA) is 95.9 Å². The Balaban J connectivity index is 2.62. The highest BCUT2D eigenvalue weighted by Gasteiger charge is 2.40. The largest absolute Gasteiger partial charge is 0.744 e. The number of rotatable bonds is 4. The van der Waals surface area contributed by atoms with Crippen LogP contribution in [0.1, 0.15) is 17.5 Å². The van der Waals surface area contributed by atoms with E-state index in [0.29, 0.717) is 0 Å². The third-order valence-corrected chi connectivity index (χ3v) is 3.90. The van der Waals surface area contributed by atoms with Crippen LogP contribution >= 0.6 is 0 Å². The lowest BCUT2D eigenvalue weighted by molar-refractivity contribution is -0.177. The van der Waals surface area contributed by atoms with Crippen LogP contribution in [-0.4, -0.2) is 37.9 Å². The maximum absolute atomic E-state index is 11.3. The number of benzene rings is 1. The lowest BCUT2D eigenvalue weighted by Gasteiger charge is -2.30. The molecule has 7 heteroatoms. The molecule has 0 amide bonds. The van der Waals surface area contributed by atoms with Crippen LogP contribution in [0.4, 0.5) is 0 Å². The number of aliphatic hydroxyl groups is 1. The molecule has 106 valence electrons. The molecule has 19 heavy (non-hydrogen) atoms. The summed E-state index contributed by atoms with van der Waals surface area (Å²) in [6, 6.07) is 4.33. The molecular weight excluding hydrogens is 272 g/mol. The first-order valence-corrected chi connectivity index (χ1v) is 7.26. The van der Waals surface area contributed by atoms with Crippen molar-refractivity contribution in [2.75, 3.05) is 19.8 Å². The van der Waals surface area contributed by atoms with Crippen molar-refractivity contribution in [1.82, 2.24) is 0 Å². The monoisotopic (exact) mass is 287 g/mol. The first kappa shape index (κ1) is 14.4. The minimum absolute atomic E-state index is 0.0684. The van der Waals surface area contributed by atoms with Crippen molar-refractivity contribution in [3.63, 3.8) is 0 Å². The van der Waals surface area contributed by atoms with Gasteiger partial charge in [-0.3, -0.25) is 0 Å². The molecule has 1 saturated heterocycles. The SMILES string of the molecule is Cc1ccc(S(=O)(=O)[O-])c(C2(CCO)OCCO2)c1. The van der Waals surface area contributed by atoms with Gasteiger partial charge in [0.1, 0.15) is 10.1 Å². The predicted molar refractivity (Wildman–Crippen MR) is 64.4 cm³/mol. The van der Waals surface area contributed by atoms with Gasteiger partial charge in [-0.05, 0) is 19.1 Å². The summed E-state index contributed by atoms with van der Waals surface area (Å²) < 4.78 is 45.0. The van der Waals surface area contributed by atoms with Gasteiger partial charge in [-0.1, -0.05) is 11.6 Å². The number of ether oxygens (including phenoxy) is 2. The molecule has 0 spiro atoms. The summed E-state index contributed by atoms with van der Waals surface area (Å²) in [5, 5.41) is 9.13. The van der Waals surface area contributed by atoms with Crippen LogP contribution in [0.3, 0.4) is 0 Å². The lowest BCUT2D eigenvalue weighted by Crippen LogP contribution is -2.30. The Morgan fingerprint density at radius 3 is 2.53 bits per heavy atom. The highest BCUT2D eigenvalue weighted by atomic mass is 32.2. The van der Waals surface area contributed by atoms with Crippen LogP contribution in [0.5, 0.6) is 0 Å². The molecule has 1 fully saturated rings. The summed E-state index contributed by atoms with van der Waals surface area (Å²) in [7, 11) is -4.64. The van der Waals surface area contributed by atoms with E-state index in [9.17, 15) is 13.0 Å². The number of aryl methyl sites for hydroxylation is 1. The van der Waals surface area contributed by atoms with Crippen molar-refractivity contribution in [2.24, 2.45) is 0 Å². The van der Waals surface area contributed by atoms with Gasteiger partial charge in [0.25, 0.3) is 0 Å². The predicted octanol–water partition coefficient (Wildman–Crippen LogP) is 0.481. The molecule has 1 heterocycles. The zero-order valence-electron chi connectivity index (χ0n) is 10.5.